The second kappa shape index (κ2) is 7.07. The Morgan fingerprint density at radius 1 is 1.23 bits per heavy atom. The Bertz CT molecular complexity index is 789. The second-order valence-electron chi connectivity index (χ2n) is 5.51. The Balaban J connectivity index is 2.48. The quantitative estimate of drug-likeness (QED) is 0.804. The van der Waals surface area contributed by atoms with E-state index >= 15 is 0 Å². The van der Waals surface area contributed by atoms with Gasteiger partial charge in [0.05, 0.1) is 5.75 Å². The molecule has 0 saturated heterocycles. The fraction of sp³-hybridized carbons (Fsp3) is 0.333. The van der Waals surface area contributed by atoms with Gasteiger partial charge in [0, 0.05) is 0 Å². The maximum absolute atomic E-state index is 11.0. The van der Waals surface area contributed by atoms with Crippen molar-refractivity contribution in [1.29, 1.82) is 0 Å². The van der Waals surface area contributed by atoms with Gasteiger partial charge in [-0.1, -0.05) is 49.4 Å². The lowest BCUT2D eigenvalue weighted by Gasteiger charge is -2.14. The van der Waals surface area contributed by atoms with Gasteiger partial charge in [-0.25, -0.2) is 0 Å². The number of hydrogen-bond donors (Lipinski definition) is 1. The molecule has 0 saturated carbocycles. The fourth-order valence-corrected chi connectivity index (χ4v) is 3.27. The molecule has 0 fully saturated rings. The van der Waals surface area contributed by atoms with Crippen LogP contribution in [-0.2, 0) is 16.5 Å². The molecule has 2 aromatic rings. The summed E-state index contributed by atoms with van der Waals surface area (Å²) in [6, 6.07) is 10.3. The first kappa shape index (κ1) is 16.7. The molecule has 0 aliphatic rings. The van der Waals surface area contributed by atoms with Crippen LogP contribution in [0.2, 0.25) is 0 Å². The standard InChI is InChI=1S/C18H22O3S/c1-3-4-9-16-14(2)13-15-8-5-6-10-17(15)18(16)11-7-12-22(19,20)21/h4-6,8-10,13H,3,7,11-12H2,1-2H3,(H,19,20,21). The number of fused-ring (bicyclic) bond motifs is 1. The average molecular weight is 318 g/mol. The molecule has 0 unspecified atom stereocenters. The number of aryl methyl sites for hydroxylation is 2. The van der Waals surface area contributed by atoms with Gasteiger partial charge in [-0.3, -0.25) is 4.55 Å². The summed E-state index contributed by atoms with van der Waals surface area (Å²) in [6.07, 6.45) is 6.23. The van der Waals surface area contributed by atoms with Crippen molar-refractivity contribution in [2.24, 2.45) is 0 Å². The number of allylic oxidation sites excluding steroid dienone is 1. The summed E-state index contributed by atoms with van der Waals surface area (Å²) in [4.78, 5) is 0. The zero-order valence-corrected chi connectivity index (χ0v) is 13.9. The molecule has 3 nitrogen and oxygen atoms in total. The second-order valence-corrected chi connectivity index (χ2v) is 7.08. The smallest absolute Gasteiger partial charge is 0.264 e. The summed E-state index contributed by atoms with van der Waals surface area (Å²) in [6.45, 7) is 4.17. The van der Waals surface area contributed by atoms with Gasteiger partial charge in [0.25, 0.3) is 10.1 Å². The SMILES string of the molecule is CCC=Cc1c(C)cc2ccccc2c1CCCS(=O)(=O)O. The number of hydrogen-bond acceptors (Lipinski definition) is 2. The summed E-state index contributed by atoms with van der Waals surface area (Å²) < 4.78 is 30.8. The lowest BCUT2D eigenvalue weighted by atomic mass is 9.91. The lowest BCUT2D eigenvalue weighted by molar-refractivity contribution is 0.481. The van der Waals surface area contributed by atoms with Crippen LogP contribution in [0.25, 0.3) is 16.8 Å². The van der Waals surface area contributed by atoms with Crippen LogP contribution < -0.4 is 0 Å². The molecule has 2 rings (SSSR count). The summed E-state index contributed by atoms with van der Waals surface area (Å²) >= 11 is 0. The maximum atomic E-state index is 11.0. The van der Waals surface area contributed by atoms with Crippen LogP contribution >= 0.6 is 0 Å². The van der Waals surface area contributed by atoms with E-state index in [0.717, 1.165) is 28.3 Å². The minimum Gasteiger partial charge on any atom is -0.286 e. The van der Waals surface area contributed by atoms with E-state index in [1.807, 2.05) is 12.1 Å². The first-order valence-electron chi connectivity index (χ1n) is 7.55. The van der Waals surface area contributed by atoms with Gasteiger partial charge in [0.15, 0.2) is 0 Å². The first-order chi connectivity index (χ1) is 10.4. The van der Waals surface area contributed by atoms with Gasteiger partial charge in [0.1, 0.15) is 0 Å². The van der Waals surface area contributed by atoms with Gasteiger partial charge in [-0.05, 0) is 53.6 Å². The number of rotatable bonds is 6. The van der Waals surface area contributed by atoms with Gasteiger partial charge in [-0.2, -0.15) is 8.42 Å². The molecule has 0 radical (unpaired) electrons. The molecule has 0 spiro atoms. The minimum absolute atomic E-state index is 0.202. The van der Waals surface area contributed by atoms with Crippen LogP contribution in [0.15, 0.2) is 36.4 Å². The van der Waals surface area contributed by atoms with Gasteiger partial charge >= 0.3 is 0 Å². The lowest BCUT2D eigenvalue weighted by Crippen LogP contribution is -2.06. The zero-order chi connectivity index (χ0) is 16.2. The molecular weight excluding hydrogens is 296 g/mol. The van der Waals surface area contributed by atoms with Crippen molar-refractivity contribution in [3.63, 3.8) is 0 Å². The highest BCUT2D eigenvalue weighted by molar-refractivity contribution is 7.85. The molecule has 0 atom stereocenters. The molecule has 1 N–H and O–H groups in total. The van der Waals surface area contributed by atoms with E-state index in [1.165, 1.54) is 5.56 Å². The van der Waals surface area contributed by atoms with Crippen molar-refractivity contribution in [3.8, 4) is 0 Å². The normalized spacial score (nSPS) is 12.3. The third-order valence-electron chi connectivity index (χ3n) is 3.76. The third-order valence-corrected chi connectivity index (χ3v) is 4.56. The Morgan fingerprint density at radius 3 is 2.64 bits per heavy atom. The zero-order valence-electron chi connectivity index (χ0n) is 13.0. The van der Waals surface area contributed by atoms with Crippen molar-refractivity contribution in [1.82, 2.24) is 0 Å². The van der Waals surface area contributed by atoms with Gasteiger partial charge in [0.2, 0.25) is 0 Å². The summed E-state index contributed by atoms with van der Waals surface area (Å²) in [7, 11) is -3.91. The molecular formula is C18H22O3S. The van der Waals surface area contributed by atoms with E-state index in [9.17, 15) is 8.42 Å². The maximum Gasteiger partial charge on any atom is 0.264 e. The summed E-state index contributed by atoms with van der Waals surface area (Å²) in [5.74, 6) is -0.202. The van der Waals surface area contributed by atoms with Crippen LogP contribution in [0, 0.1) is 6.92 Å². The molecule has 0 aromatic heterocycles. The van der Waals surface area contributed by atoms with Crippen molar-refractivity contribution in [3.05, 3.63) is 53.1 Å². The first-order valence-corrected chi connectivity index (χ1v) is 9.16. The minimum atomic E-state index is -3.91. The van der Waals surface area contributed by atoms with E-state index in [4.69, 9.17) is 4.55 Å². The molecule has 0 aliphatic carbocycles. The topological polar surface area (TPSA) is 54.4 Å². The predicted molar refractivity (Wildman–Crippen MR) is 92.7 cm³/mol. The molecule has 2 aromatic carbocycles. The molecule has 0 aliphatic heterocycles. The van der Waals surface area contributed by atoms with E-state index in [0.29, 0.717) is 12.8 Å². The van der Waals surface area contributed by atoms with E-state index < -0.39 is 10.1 Å². The molecule has 0 bridgehead atoms. The molecule has 118 valence electrons. The van der Waals surface area contributed by atoms with Crippen molar-refractivity contribution >= 4 is 27.0 Å². The Kier molecular flexibility index (Phi) is 5.37. The highest BCUT2D eigenvalue weighted by atomic mass is 32.2. The van der Waals surface area contributed by atoms with Crippen LogP contribution in [0.4, 0.5) is 0 Å². The monoisotopic (exact) mass is 318 g/mol. The molecule has 0 amide bonds. The summed E-state index contributed by atoms with van der Waals surface area (Å²) in [5.41, 5.74) is 3.50. The average Bonchev–Trinajstić information content (AvgIpc) is 2.45. The Hall–Kier alpha value is -1.65. The van der Waals surface area contributed by atoms with Crippen molar-refractivity contribution in [2.75, 3.05) is 5.75 Å². The van der Waals surface area contributed by atoms with Gasteiger partial charge in [-0.15, -0.1) is 0 Å². The predicted octanol–water partition coefficient (Wildman–Crippen LogP) is 4.39. The van der Waals surface area contributed by atoms with E-state index in [1.54, 1.807) is 0 Å². The fourth-order valence-electron chi connectivity index (χ4n) is 2.76. The highest BCUT2D eigenvalue weighted by Crippen LogP contribution is 2.28. The highest BCUT2D eigenvalue weighted by Gasteiger charge is 2.11. The van der Waals surface area contributed by atoms with Crippen LogP contribution in [0.3, 0.4) is 0 Å². The Morgan fingerprint density at radius 2 is 1.95 bits per heavy atom. The van der Waals surface area contributed by atoms with Crippen molar-refractivity contribution < 1.29 is 13.0 Å². The molecule has 0 heterocycles. The van der Waals surface area contributed by atoms with Crippen molar-refractivity contribution in [2.45, 2.75) is 33.1 Å². The molecule has 4 heteroatoms. The van der Waals surface area contributed by atoms with E-state index in [2.05, 4.69) is 44.2 Å². The van der Waals surface area contributed by atoms with E-state index in [-0.39, 0.29) is 5.75 Å². The van der Waals surface area contributed by atoms with Gasteiger partial charge < -0.3 is 0 Å². The summed E-state index contributed by atoms with van der Waals surface area (Å²) in [5, 5.41) is 2.31. The Labute approximate surface area is 132 Å². The third kappa shape index (κ3) is 4.18. The number of benzene rings is 2. The van der Waals surface area contributed by atoms with Crippen LogP contribution in [0.1, 0.15) is 36.5 Å². The molecule has 22 heavy (non-hydrogen) atoms. The largest absolute Gasteiger partial charge is 0.286 e. The van der Waals surface area contributed by atoms with Crippen LogP contribution in [0.5, 0.6) is 0 Å². The van der Waals surface area contributed by atoms with Crippen LogP contribution in [-0.4, -0.2) is 18.7 Å².